The van der Waals surface area contributed by atoms with Gasteiger partial charge in [-0.3, -0.25) is 9.59 Å². The minimum absolute atomic E-state index is 0.186. The first-order valence-corrected chi connectivity index (χ1v) is 7.77. The van der Waals surface area contributed by atoms with Gasteiger partial charge >= 0.3 is 5.97 Å². The molecule has 0 rings (SSSR count). The van der Waals surface area contributed by atoms with Gasteiger partial charge in [0.25, 0.3) is 0 Å². The number of carbonyl (C=O) groups excluding carboxylic acids is 2. The van der Waals surface area contributed by atoms with Crippen molar-refractivity contribution in [3.8, 4) is 0 Å². The Morgan fingerprint density at radius 1 is 1.04 bits per heavy atom. The van der Waals surface area contributed by atoms with E-state index >= 15 is 0 Å². The molecule has 0 aromatic carbocycles. The number of hydrogen-bond acceptors (Lipinski definition) is 6. The lowest BCUT2D eigenvalue weighted by atomic mass is 10.1. The number of carbonyl (C=O) groups is 3. The fraction of sp³-hybridized carbons (Fsp3) is 0.786. The van der Waals surface area contributed by atoms with Crippen molar-refractivity contribution in [2.45, 2.75) is 50.6 Å². The van der Waals surface area contributed by atoms with Crippen LogP contribution < -0.4 is 27.8 Å². The molecule has 0 aromatic rings. The van der Waals surface area contributed by atoms with Gasteiger partial charge in [0.2, 0.25) is 11.8 Å². The molecular formula is C14H29N5O4. The van der Waals surface area contributed by atoms with E-state index in [1.54, 1.807) is 0 Å². The molecule has 23 heavy (non-hydrogen) atoms. The predicted molar refractivity (Wildman–Crippen MR) is 86.4 cm³/mol. The van der Waals surface area contributed by atoms with Crippen molar-refractivity contribution in [2.24, 2.45) is 17.2 Å². The number of rotatable bonds is 14. The molecule has 9 nitrogen and oxygen atoms in total. The summed E-state index contributed by atoms with van der Waals surface area (Å²) >= 11 is 0. The van der Waals surface area contributed by atoms with Crippen LogP contribution in [0.4, 0.5) is 0 Å². The van der Waals surface area contributed by atoms with E-state index in [1.807, 2.05) is 5.73 Å². The van der Waals surface area contributed by atoms with E-state index in [0.717, 1.165) is 0 Å². The Morgan fingerprint density at radius 2 is 1.61 bits per heavy atom. The van der Waals surface area contributed by atoms with Crippen molar-refractivity contribution < 1.29 is 22.3 Å². The van der Waals surface area contributed by atoms with E-state index in [2.05, 4.69) is 5.32 Å². The second-order valence-electron chi connectivity index (χ2n) is 5.18. The fourth-order valence-electron chi connectivity index (χ4n) is 1.97. The molecule has 2 amide bonds. The van der Waals surface area contributed by atoms with Crippen LogP contribution in [0, 0.1) is 0 Å². The summed E-state index contributed by atoms with van der Waals surface area (Å²) in [6, 6.07) is -2.24. The minimum Gasteiger partial charge on any atom is -0.480 e. The van der Waals surface area contributed by atoms with Gasteiger partial charge in [-0.25, -0.2) is 4.79 Å². The Bertz CT molecular complexity index is 428. The van der Waals surface area contributed by atoms with Crippen molar-refractivity contribution in [1.82, 2.24) is 10.6 Å². The van der Waals surface area contributed by atoms with Gasteiger partial charge in [-0.2, -0.15) is 0 Å². The first kappa shape index (κ1) is 17.6. The molecule has 0 spiro atoms. The lowest BCUT2D eigenvalue weighted by molar-refractivity contribution is -0.142. The van der Waals surface area contributed by atoms with Crippen LogP contribution in [0.2, 0.25) is 2.82 Å². The molecule has 2 atom stereocenters. The van der Waals surface area contributed by atoms with E-state index in [-0.39, 0.29) is 12.8 Å². The maximum absolute atomic E-state index is 12.4. The van der Waals surface area contributed by atoms with Crippen LogP contribution in [-0.2, 0) is 14.4 Å². The molecule has 9 N–H and O–H groups in total. The molecular weight excluding hydrogens is 302 g/mol. The van der Waals surface area contributed by atoms with E-state index < -0.39 is 36.4 Å². The van der Waals surface area contributed by atoms with Crippen LogP contribution in [0.5, 0.6) is 0 Å². The molecule has 0 fully saturated rings. The van der Waals surface area contributed by atoms with E-state index in [4.69, 9.17) is 14.3 Å². The molecule has 0 bridgehead atoms. The summed E-state index contributed by atoms with van der Waals surface area (Å²) in [5.74, 6) is -2.63. The van der Waals surface area contributed by atoms with Gasteiger partial charge in [0.1, 0.15) is 13.5 Å². The Hall–Kier alpha value is -1.71. The third-order valence-electron chi connectivity index (χ3n) is 3.25. The zero-order valence-electron chi connectivity index (χ0n) is 15.3. The lowest BCUT2D eigenvalue weighted by Gasteiger charge is -2.21. The maximum atomic E-state index is 12.4. The normalized spacial score (nSPS) is 14.3. The summed E-state index contributed by atoms with van der Waals surface area (Å²) in [7, 11) is 0. The third-order valence-corrected chi connectivity index (χ3v) is 3.25. The van der Waals surface area contributed by atoms with Gasteiger partial charge in [0.05, 0.1) is 6.54 Å². The van der Waals surface area contributed by atoms with Gasteiger partial charge in [-0.05, 0) is 51.6 Å². The number of aliphatic carboxylic acids is 1. The fourth-order valence-corrected chi connectivity index (χ4v) is 1.97. The average molecular weight is 333 g/mol. The van der Waals surface area contributed by atoms with Crippen LogP contribution in [0.25, 0.3) is 0 Å². The highest BCUT2D eigenvalue weighted by atomic mass is 16.4. The van der Waals surface area contributed by atoms with E-state index in [9.17, 15) is 19.5 Å². The SMILES string of the molecule is [2H]NCC(=O)N([2H])[C@@H](CCCCN)C(=O)N[C@@H](CCCCN)C(=O)O. The highest BCUT2D eigenvalue weighted by molar-refractivity contribution is 5.90. The number of nitrogens with one attached hydrogen (secondary N) is 2. The third kappa shape index (κ3) is 9.82. The number of hydrogen-bond donors (Lipinski definition) is 6. The Balaban J connectivity index is 4.96. The molecule has 0 aliphatic heterocycles. The quantitative estimate of drug-likeness (QED) is 0.204. The first-order chi connectivity index (χ1) is 11.9. The van der Waals surface area contributed by atoms with Gasteiger partial charge in [-0.15, -0.1) is 0 Å². The Morgan fingerprint density at radius 3 is 2.09 bits per heavy atom. The van der Waals surface area contributed by atoms with Crippen LogP contribution >= 0.6 is 0 Å². The van der Waals surface area contributed by atoms with Crippen molar-refractivity contribution in [2.75, 3.05) is 19.6 Å². The molecule has 134 valence electrons. The van der Waals surface area contributed by atoms with Gasteiger partial charge < -0.3 is 32.9 Å². The monoisotopic (exact) mass is 333 g/mol. The van der Waals surface area contributed by atoms with Gasteiger partial charge in [-0.1, -0.05) is 0 Å². The summed E-state index contributed by atoms with van der Waals surface area (Å²) in [5, 5.41) is 12.1. The molecule has 0 saturated carbocycles. The molecule has 0 unspecified atom stereocenters. The van der Waals surface area contributed by atoms with Crippen LogP contribution in [0.15, 0.2) is 0 Å². The highest BCUT2D eigenvalue weighted by Gasteiger charge is 2.25. The summed E-state index contributed by atoms with van der Waals surface area (Å²) in [6.07, 6.45) is 2.70. The molecule has 0 saturated heterocycles. The number of nitrogens with two attached hydrogens (primary N) is 3. The molecule has 0 aliphatic carbocycles. The number of carboxylic acids is 1. The zero-order valence-corrected chi connectivity index (χ0v) is 13.3. The zero-order chi connectivity index (χ0) is 19.2. The average Bonchev–Trinajstić information content (AvgIpc) is 2.57. The minimum atomic E-state index is -1.18. The standard InChI is InChI=1S/C14H29N5O4/c15-7-3-1-5-10(18-12(20)9-17)13(21)19-11(14(22)23)6-2-4-8-16/h10-11H,1-9,15-17H2,(H,18,20)(H,19,21)(H,22,23)/t10-,11-/m0/s1/i/hD2. The summed E-state index contributed by atoms with van der Waals surface area (Å²) < 4.78 is 14.6. The second-order valence-corrected chi connectivity index (χ2v) is 5.18. The summed E-state index contributed by atoms with van der Waals surface area (Å²) in [4.78, 5) is 35.5. The van der Waals surface area contributed by atoms with Crippen molar-refractivity contribution >= 4 is 17.8 Å². The van der Waals surface area contributed by atoms with Crippen LogP contribution in [0.3, 0.4) is 0 Å². The topological polar surface area (TPSA) is 174 Å². The van der Waals surface area contributed by atoms with Crippen molar-refractivity contribution in [3.05, 3.63) is 0 Å². The van der Waals surface area contributed by atoms with E-state index in [0.29, 0.717) is 44.1 Å². The predicted octanol–water partition coefficient (Wildman–Crippen LogP) is -1.74. The lowest BCUT2D eigenvalue weighted by Crippen LogP contribution is -2.52. The largest absolute Gasteiger partial charge is 0.480 e. The van der Waals surface area contributed by atoms with Gasteiger partial charge in [0, 0.05) is 0 Å². The number of carboxylic acid groups (broad SMARTS) is 1. The van der Waals surface area contributed by atoms with Crippen LogP contribution in [-0.4, -0.2) is 54.6 Å². The first-order valence-electron chi connectivity index (χ1n) is 8.72. The van der Waals surface area contributed by atoms with Crippen molar-refractivity contribution in [3.63, 3.8) is 0 Å². The molecule has 0 radical (unpaired) electrons. The van der Waals surface area contributed by atoms with E-state index in [1.165, 1.54) is 0 Å². The molecule has 0 aliphatic rings. The molecule has 0 heterocycles. The number of amides is 2. The van der Waals surface area contributed by atoms with Gasteiger partial charge in [0.15, 0.2) is 1.41 Å². The second kappa shape index (κ2) is 12.8. The van der Waals surface area contributed by atoms with Crippen molar-refractivity contribution in [1.29, 1.82) is 0 Å². The summed E-state index contributed by atoms with van der Waals surface area (Å²) in [5.41, 5.74) is 12.7. The highest BCUT2D eigenvalue weighted by Crippen LogP contribution is 2.05. The summed E-state index contributed by atoms with van der Waals surface area (Å²) in [6.45, 7) is 0.422. The molecule has 0 aromatic heterocycles. The van der Waals surface area contributed by atoms with Crippen LogP contribution in [0.1, 0.15) is 38.5 Å². The number of unbranched alkanes of at least 4 members (excludes halogenated alkanes) is 2. The Labute approximate surface area is 139 Å². The molecule has 9 heteroatoms. The smallest absolute Gasteiger partial charge is 0.326 e. The Kier molecular flexibility index (Phi) is 9.81. The maximum Gasteiger partial charge on any atom is 0.326 e.